The average molecular weight is 263 g/mol. The molecule has 0 fully saturated rings. The summed E-state index contributed by atoms with van der Waals surface area (Å²) in [7, 11) is 0. The van der Waals surface area contributed by atoms with Crippen LogP contribution in [0.4, 0.5) is 0 Å². The minimum absolute atomic E-state index is 0.582. The molecule has 1 aliphatic carbocycles. The molecule has 0 aliphatic heterocycles. The third-order valence-corrected chi connectivity index (χ3v) is 3.78. The van der Waals surface area contributed by atoms with Gasteiger partial charge < -0.3 is 14.5 Å². The normalized spacial score (nSPS) is 22.8. The molecule has 2 unspecified atom stereocenters. The van der Waals surface area contributed by atoms with E-state index >= 15 is 0 Å². The predicted molar refractivity (Wildman–Crippen MR) is 76.8 cm³/mol. The Hall–Kier alpha value is -1.06. The van der Waals surface area contributed by atoms with Crippen molar-refractivity contribution in [2.75, 3.05) is 13.2 Å². The van der Waals surface area contributed by atoms with Gasteiger partial charge in [0.1, 0.15) is 12.4 Å². The Bertz CT molecular complexity index is 397. The molecule has 3 nitrogen and oxygen atoms in total. The summed E-state index contributed by atoms with van der Waals surface area (Å²) < 4.78 is 11.3. The van der Waals surface area contributed by atoms with Gasteiger partial charge in [-0.15, -0.1) is 0 Å². The second-order valence-electron chi connectivity index (χ2n) is 5.40. The van der Waals surface area contributed by atoms with Gasteiger partial charge in [-0.1, -0.05) is 26.0 Å². The van der Waals surface area contributed by atoms with Gasteiger partial charge in [0.2, 0.25) is 0 Å². The van der Waals surface area contributed by atoms with E-state index in [0.717, 1.165) is 37.8 Å². The first-order valence-corrected chi connectivity index (χ1v) is 7.29. The summed E-state index contributed by atoms with van der Waals surface area (Å²) in [5.74, 6) is 2.30. The number of rotatable bonds is 7. The molecule has 0 saturated heterocycles. The van der Waals surface area contributed by atoms with Crippen LogP contribution in [0, 0.1) is 11.8 Å². The van der Waals surface area contributed by atoms with Gasteiger partial charge in [0.05, 0.1) is 12.9 Å². The summed E-state index contributed by atoms with van der Waals surface area (Å²) in [4.78, 5) is 0. The van der Waals surface area contributed by atoms with Crippen LogP contribution in [0.3, 0.4) is 0 Å². The molecule has 1 aliphatic rings. The van der Waals surface area contributed by atoms with Gasteiger partial charge in [0.15, 0.2) is 0 Å². The number of hydrogen-bond acceptors (Lipinski definition) is 3. The van der Waals surface area contributed by atoms with Crippen LogP contribution < -0.4 is 5.32 Å². The third-order valence-electron chi connectivity index (χ3n) is 3.78. The lowest BCUT2D eigenvalue weighted by molar-refractivity contribution is 0.0583. The van der Waals surface area contributed by atoms with Gasteiger partial charge in [-0.2, -0.15) is 0 Å². The zero-order chi connectivity index (χ0) is 13.5. The molecule has 1 heterocycles. The fourth-order valence-electron chi connectivity index (χ4n) is 2.41. The molecule has 2 atom stereocenters. The van der Waals surface area contributed by atoms with Gasteiger partial charge in [-0.3, -0.25) is 0 Å². The molecule has 0 saturated carbocycles. The lowest BCUT2D eigenvalue weighted by Gasteiger charge is -2.24. The highest BCUT2D eigenvalue weighted by Crippen LogP contribution is 2.25. The zero-order valence-corrected chi connectivity index (χ0v) is 12.0. The Balaban J connectivity index is 1.70. The third kappa shape index (κ3) is 4.51. The minimum Gasteiger partial charge on any atom is -0.467 e. The van der Waals surface area contributed by atoms with Crippen molar-refractivity contribution in [2.24, 2.45) is 11.8 Å². The van der Waals surface area contributed by atoms with E-state index in [4.69, 9.17) is 9.15 Å². The van der Waals surface area contributed by atoms with Gasteiger partial charge >= 0.3 is 0 Å². The van der Waals surface area contributed by atoms with E-state index < -0.39 is 0 Å². The quantitative estimate of drug-likeness (QED) is 0.764. The molecule has 1 N–H and O–H groups in total. The number of allylic oxidation sites excluding steroid dienone is 2. The van der Waals surface area contributed by atoms with Crippen molar-refractivity contribution in [1.29, 1.82) is 0 Å². The van der Waals surface area contributed by atoms with Crippen LogP contribution in [-0.2, 0) is 17.9 Å². The van der Waals surface area contributed by atoms with E-state index in [1.807, 2.05) is 6.26 Å². The Kier molecular flexibility index (Phi) is 5.67. The lowest BCUT2D eigenvalue weighted by atomic mass is 9.85. The second kappa shape index (κ2) is 7.51. The number of ether oxygens (including phenoxy) is 1. The van der Waals surface area contributed by atoms with Crippen LogP contribution in [0.15, 0.2) is 28.9 Å². The molecular weight excluding hydrogens is 238 g/mol. The van der Waals surface area contributed by atoms with Crippen molar-refractivity contribution >= 4 is 0 Å². The highest BCUT2D eigenvalue weighted by molar-refractivity contribution is 5.12. The standard InChI is InChI=1S/C16H25NO2/c1-3-17-9-14-8-16(19-10-14)12-18-11-15-7-5-4-6-13(15)2/h4-5,8,10,13,15,17H,3,6-7,9,11-12H2,1-2H3. The molecule has 1 aromatic rings. The molecule has 0 spiro atoms. The average Bonchev–Trinajstić information content (AvgIpc) is 2.86. The van der Waals surface area contributed by atoms with Gasteiger partial charge in [-0.05, 0) is 37.3 Å². The van der Waals surface area contributed by atoms with Crippen LogP contribution in [0.1, 0.15) is 38.0 Å². The molecule has 0 bridgehead atoms. The zero-order valence-electron chi connectivity index (χ0n) is 12.0. The molecule has 1 aromatic heterocycles. The summed E-state index contributed by atoms with van der Waals surface area (Å²) >= 11 is 0. The molecule has 0 amide bonds. The molecule has 2 rings (SSSR count). The smallest absolute Gasteiger partial charge is 0.129 e. The van der Waals surface area contributed by atoms with Crippen LogP contribution in [0.2, 0.25) is 0 Å². The summed E-state index contributed by atoms with van der Waals surface area (Å²) in [5, 5.41) is 3.28. The van der Waals surface area contributed by atoms with Crippen molar-refractivity contribution in [3.63, 3.8) is 0 Å². The Labute approximate surface area is 116 Å². The fourth-order valence-corrected chi connectivity index (χ4v) is 2.41. The maximum absolute atomic E-state index is 5.80. The summed E-state index contributed by atoms with van der Waals surface area (Å²) in [6, 6.07) is 2.08. The van der Waals surface area contributed by atoms with E-state index in [0.29, 0.717) is 12.5 Å². The van der Waals surface area contributed by atoms with E-state index in [1.165, 1.54) is 12.0 Å². The van der Waals surface area contributed by atoms with Crippen molar-refractivity contribution in [2.45, 2.75) is 39.8 Å². The topological polar surface area (TPSA) is 34.4 Å². The highest BCUT2D eigenvalue weighted by Gasteiger charge is 2.18. The van der Waals surface area contributed by atoms with Crippen LogP contribution in [0.25, 0.3) is 0 Å². The molecule has 0 aromatic carbocycles. The number of hydrogen-bond donors (Lipinski definition) is 1. The molecule has 0 radical (unpaired) electrons. The summed E-state index contributed by atoms with van der Waals surface area (Å²) in [6.07, 6.45) is 8.69. The Morgan fingerprint density at radius 2 is 2.21 bits per heavy atom. The number of nitrogens with one attached hydrogen (secondary N) is 1. The highest BCUT2D eigenvalue weighted by atomic mass is 16.5. The van der Waals surface area contributed by atoms with E-state index in [2.05, 4.69) is 37.4 Å². The van der Waals surface area contributed by atoms with Crippen molar-refractivity contribution in [3.8, 4) is 0 Å². The first-order valence-electron chi connectivity index (χ1n) is 7.29. The van der Waals surface area contributed by atoms with Gasteiger partial charge in [0.25, 0.3) is 0 Å². The monoisotopic (exact) mass is 263 g/mol. The van der Waals surface area contributed by atoms with Crippen LogP contribution in [-0.4, -0.2) is 13.2 Å². The van der Waals surface area contributed by atoms with Gasteiger partial charge in [-0.25, -0.2) is 0 Å². The van der Waals surface area contributed by atoms with Crippen molar-refractivity contribution in [1.82, 2.24) is 5.32 Å². The first-order chi connectivity index (χ1) is 9.29. The fraction of sp³-hybridized carbons (Fsp3) is 0.625. The Morgan fingerprint density at radius 1 is 1.37 bits per heavy atom. The van der Waals surface area contributed by atoms with E-state index in [9.17, 15) is 0 Å². The molecule has 19 heavy (non-hydrogen) atoms. The number of furan rings is 1. The molecule has 106 valence electrons. The summed E-state index contributed by atoms with van der Waals surface area (Å²) in [6.45, 7) is 7.66. The van der Waals surface area contributed by atoms with Crippen LogP contribution in [0.5, 0.6) is 0 Å². The first kappa shape index (κ1) is 14.4. The van der Waals surface area contributed by atoms with Crippen molar-refractivity contribution in [3.05, 3.63) is 35.8 Å². The van der Waals surface area contributed by atoms with Crippen molar-refractivity contribution < 1.29 is 9.15 Å². The maximum Gasteiger partial charge on any atom is 0.129 e. The maximum atomic E-state index is 5.80. The molecule has 3 heteroatoms. The van der Waals surface area contributed by atoms with E-state index in [1.54, 1.807) is 0 Å². The Morgan fingerprint density at radius 3 is 3.00 bits per heavy atom. The van der Waals surface area contributed by atoms with Crippen LogP contribution >= 0.6 is 0 Å². The SMILES string of the molecule is CCNCc1coc(COCC2CC=CCC2C)c1. The second-order valence-corrected chi connectivity index (χ2v) is 5.40. The predicted octanol–water partition coefficient (Wildman–Crippen LogP) is 3.51. The molecular formula is C16H25NO2. The minimum atomic E-state index is 0.582. The van der Waals surface area contributed by atoms with E-state index in [-0.39, 0.29) is 0 Å². The summed E-state index contributed by atoms with van der Waals surface area (Å²) in [5.41, 5.74) is 1.19. The lowest BCUT2D eigenvalue weighted by Crippen LogP contribution is -2.19. The van der Waals surface area contributed by atoms with Gasteiger partial charge in [0, 0.05) is 12.1 Å². The largest absolute Gasteiger partial charge is 0.467 e.